The average Bonchev–Trinajstić information content (AvgIpc) is 2.53. The zero-order chi connectivity index (χ0) is 10.6. The molecule has 14 heavy (non-hydrogen) atoms. The monoisotopic (exact) mass is 217 g/mol. The average molecular weight is 218 g/mol. The third-order valence-corrected chi connectivity index (χ3v) is 2.38. The lowest BCUT2D eigenvalue weighted by Gasteiger charge is -2.20. The number of hydrogen-bond donors (Lipinski definition) is 1. The Labute approximate surface area is 89.0 Å². The molecule has 0 radical (unpaired) electrons. The van der Waals surface area contributed by atoms with Crippen molar-refractivity contribution in [3.63, 3.8) is 0 Å². The molecule has 1 aromatic rings. The molecule has 0 fully saturated rings. The largest absolute Gasteiger partial charge is 0.380 e. The van der Waals surface area contributed by atoms with Crippen LogP contribution >= 0.6 is 11.6 Å². The fraction of sp³-hybridized carbons (Fsp3) is 0.667. The van der Waals surface area contributed by atoms with Gasteiger partial charge in [-0.2, -0.15) is 5.10 Å². The van der Waals surface area contributed by atoms with Gasteiger partial charge in [0, 0.05) is 13.3 Å². The minimum Gasteiger partial charge on any atom is -0.380 e. The van der Waals surface area contributed by atoms with Crippen LogP contribution in [0, 0.1) is 0 Å². The minimum atomic E-state index is -0.0547. The molecule has 1 aromatic heterocycles. The van der Waals surface area contributed by atoms with E-state index < -0.39 is 0 Å². The number of aromatic nitrogens is 2. The van der Waals surface area contributed by atoms with Crippen molar-refractivity contribution in [1.29, 1.82) is 0 Å². The van der Waals surface area contributed by atoms with Gasteiger partial charge in [0.1, 0.15) is 0 Å². The first kappa shape index (κ1) is 11.5. The van der Waals surface area contributed by atoms with Crippen molar-refractivity contribution in [3.8, 4) is 0 Å². The lowest BCUT2D eigenvalue weighted by atomic mass is 10.1. The van der Waals surface area contributed by atoms with Crippen molar-refractivity contribution >= 4 is 11.6 Å². The maximum atomic E-state index is 5.95. The van der Waals surface area contributed by atoms with Gasteiger partial charge in [-0.3, -0.25) is 4.68 Å². The van der Waals surface area contributed by atoms with E-state index in [-0.39, 0.29) is 12.1 Å². The van der Waals surface area contributed by atoms with Crippen LogP contribution in [0.3, 0.4) is 0 Å². The third kappa shape index (κ3) is 2.97. The zero-order valence-electron chi connectivity index (χ0n) is 8.48. The van der Waals surface area contributed by atoms with E-state index in [9.17, 15) is 0 Å². The van der Waals surface area contributed by atoms with E-state index in [2.05, 4.69) is 5.10 Å². The Hall–Kier alpha value is -0.580. The van der Waals surface area contributed by atoms with Crippen molar-refractivity contribution in [1.82, 2.24) is 9.78 Å². The summed E-state index contributed by atoms with van der Waals surface area (Å²) in [6, 6.07) is -0.0547. The van der Waals surface area contributed by atoms with E-state index in [4.69, 9.17) is 22.1 Å². The molecule has 0 saturated carbocycles. The van der Waals surface area contributed by atoms with Gasteiger partial charge >= 0.3 is 0 Å². The Morgan fingerprint density at radius 3 is 2.86 bits per heavy atom. The maximum Gasteiger partial charge on any atom is 0.0785 e. The second-order valence-electron chi connectivity index (χ2n) is 3.23. The molecular formula is C9H16ClN3O. The van der Waals surface area contributed by atoms with Gasteiger partial charge in [-0.25, -0.2) is 0 Å². The van der Waals surface area contributed by atoms with Crippen molar-refractivity contribution in [3.05, 3.63) is 17.4 Å². The predicted molar refractivity (Wildman–Crippen MR) is 56.3 cm³/mol. The van der Waals surface area contributed by atoms with Crippen LogP contribution in [0.25, 0.3) is 0 Å². The molecule has 1 rings (SSSR count). The number of hydrogen-bond acceptors (Lipinski definition) is 3. The Kier molecular flexibility index (Phi) is 4.38. The van der Waals surface area contributed by atoms with Gasteiger partial charge in [-0.15, -0.1) is 0 Å². The maximum absolute atomic E-state index is 5.95. The second-order valence-corrected chi connectivity index (χ2v) is 3.66. The first-order valence-corrected chi connectivity index (χ1v) is 5.01. The SMILES string of the molecule is CC[C@@H](OC)[C@H](N)Cn1cc(Cl)cn1. The fourth-order valence-corrected chi connectivity index (χ4v) is 1.57. The Bertz CT molecular complexity index is 273. The van der Waals surface area contributed by atoms with Crippen molar-refractivity contribution in [2.24, 2.45) is 5.73 Å². The van der Waals surface area contributed by atoms with Gasteiger partial charge in [0.05, 0.1) is 29.9 Å². The standard InChI is InChI=1S/C9H16ClN3O/c1-3-9(14-2)8(11)6-13-5-7(10)4-12-13/h4-5,8-9H,3,6,11H2,1-2H3/t8-,9-/m1/s1. The van der Waals surface area contributed by atoms with E-state index in [1.165, 1.54) is 0 Å². The van der Waals surface area contributed by atoms with Gasteiger partial charge in [0.25, 0.3) is 0 Å². The number of methoxy groups -OCH3 is 1. The van der Waals surface area contributed by atoms with Gasteiger partial charge < -0.3 is 10.5 Å². The van der Waals surface area contributed by atoms with Crippen LogP contribution in [0.5, 0.6) is 0 Å². The molecule has 2 N–H and O–H groups in total. The number of rotatable bonds is 5. The first-order valence-electron chi connectivity index (χ1n) is 4.63. The molecule has 0 unspecified atom stereocenters. The third-order valence-electron chi connectivity index (χ3n) is 2.18. The quantitative estimate of drug-likeness (QED) is 0.809. The molecule has 0 spiro atoms. The molecule has 0 aliphatic carbocycles. The van der Waals surface area contributed by atoms with Crippen LogP contribution in [0.1, 0.15) is 13.3 Å². The molecule has 2 atom stereocenters. The highest BCUT2D eigenvalue weighted by molar-refractivity contribution is 6.30. The second kappa shape index (κ2) is 5.34. The van der Waals surface area contributed by atoms with Crippen LogP contribution in [0.2, 0.25) is 5.02 Å². The zero-order valence-corrected chi connectivity index (χ0v) is 9.24. The molecule has 0 bridgehead atoms. The highest BCUT2D eigenvalue weighted by atomic mass is 35.5. The molecule has 0 amide bonds. The first-order chi connectivity index (χ1) is 6.67. The highest BCUT2D eigenvalue weighted by Crippen LogP contribution is 2.07. The van der Waals surface area contributed by atoms with Crippen LogP contribution in [-0.4, -0.2) is 29.0 Å². The Balaban J connectivity index is 2.51. The van der Waals surface area contributed by atoms with Gasteiger partial charge in [-0.1, -0.05) is 18.5 Å². The minimum absolute atomic E-state index is 0.0547. The summed E-state index contributed by atoms with van der Waals surface area (Å²) >= 11 is 5.74. The molecule has 0 saturated heterocycles. The normalized spacial score (nSPS) is 15.4. The lowest BCUT2D eigenvalue weighted by molar-refractivity contribution is 0.0711. The van der Waals surface area contributed by atoms with Crippen LogP contribution in [0.4, 0.5) is 0 Å². The summed E-state index contributed by atoms with van der Waals surface area (Å²) in [5.41, 5.74) is 5.95. The molecule has 0 aliphatic heterocycles. The fourth-order valence-electron chi connectivity index (χ4n) is 1.42. The topological polar surface area (TPSA) is 53.1 Å². The van der Waals surface area contributed by atoms with Crippen molar-refractivity contribution in [2.45, 2.75) is 32.0 Å². The van der Waals surface area contributed by atoms with E-state index in [1.807, 2.05) is 6.92 Å². The van der Waals surface area contributed by atoms with Gasteiger partial charge in [0.15, 0.2) is 0 Å². The molecule has 5 heteroatoms. The lowest BCUT2D eigenvalue weighted by Crippen LogP contribution is -2.39. The number of nitrogens with two attached hydrogens (primary N) is 1. The molecule has 80 valence electrons. The van der Waals surface area contributed by atoms with E-state index in [1.54, 1.807) is 24.2 Å². The Morgan fingerprint density at radius 2 is 2.43 bits per heavy atom. The summed E-state index contributed by atoms with van der Waals surface area (Å²) < 4.78 is 6.97. The number of nitrogens with zero attached hydrogens (tertiary/aromatic N) is 2. The smallest absolute Gasteiger partial charge is 0.0785 e. The number of halogens is 1. The van der Waals surface area contributed by atoms with Gasteiger partial charge in [-0.05, 0) is 6.42 Å². The van der Waals surface area contributed by atoms with Crippen molar-refractivity contribution in [2.75, 3.05) is 7.11 Å². The predicted octanol–water partition coefficient (Wildman–Crippen LogP) is 1.29. The van der Waals surface area contributed by atoms with E-state index >= 15 is 0 Å². The molecular weight excluding hydrogens is 202 g/mol. The molecule has 4 nitrogen and oxygen atoms in total. The van der Waals surface area contributed by atoms with Crippen molar-refractivity contribution < 1.29 is 4.74 Å². The summed E-state index contributed by atoms with van der Waals surface area (Å²) in [6.45, 7) is 2.67. The summed E-state index contributed by atoms with van der Waals surface area (Å²) in [6.07, 6.45) is 4.32. The Morgan fingerprint density at radius 1 is 1.71 bits per heavy atom. The van der Waals surface area contributed by atoms with Crippen LogP contribution in [-0.2, 0) is 11.3 Å². The summed E-state index contributed by atoms with van der Waals surface area (Å²) in [5.74, 6) is 0. The molecule has 1 heterocycles. The summed E-state index contributed by atoms with van der Waals surface area (Å²) in [5, 5.41) is 4.68. The molecule has 0 aliphatic rings. The van der Waals surface area contributed by atoms with Crippen LogP contribution in [0.15, 0.2) is 12.4 Å². The van der Waals surface area contributed by atoms with Gasteiger partial charge in [0.2, 0.25) is 0 Å². The van der Waals surface area contributed by atoms with Crippen LogP contribution < -0.4 is 5.73 Å². The summed E-state index contributed by atoms with van der Waals surface area (Å²) in [4.78, 5) is 0. The van der Waals surface area contributed by atoms with E-state index in [0.29, 0.717) is 11.6 Å². The van der Waals surface area contributed by atoms with E-state index in [0.717, 1.165) is 6.42 Å². The number of ether oxygens (including phenoxy) is 1. The summed E-state index contributed by atoms with van der Waals surface area (Å²) in [7, 11) is 1.67. The molecule has 0 aromatic carbocycles. The highest BCUT2D eigenvalue weighted by Gasteiger charge is 2.15.